The molecule has 1 heterocycles. The van der Waals surface area contributed by atoms with E-state index in [1.54, 1.807) is 6.20 Å². The molecule has 0 aliphatic carbocycles. The van der Waals surface area contributed by atoms with Gasteiger partial charge in [-0.1, -0.05) is 6.58 Å². The highest BCUT2D eigenvalue weighted by molar-refractivity contribution is 7.79. The molecule has 7 heteroatoms. The van der Waals surface area contributed by atoms with Crippen LogP contribution >= 0.6 is 0 Å². The lowest BCUT2D eigenvalue weighted by molar-refractivity contribution is -0.566. The Labute approximate surface area is 69.7 Å². The zero-order valence-electron chi connectivity index (χ0n) is 6.04. The average Bonchev–Trinajstić information content (AvgIpc) is 2.33. The molecule has 0 fully saturated rings. The number of aromatic nitrogens is 2. The van der Waals surface area contributed by atoms with Crippen LogP contribution in [-0.2, 0) is 10.4 Å². The first-order valence-electron chi connectivity index (χ1n) is 2.78. The highest BCUT2D eigenvalue weighted by atomic mass is 32.3. The molecular formula is C5H8N2O4S. The molecule has 0 radical (unpaired) electrons. The summed E-state index contributed by atoms with van der Waals surface area (Å²) in [6, 6.07) is 0. The van der Waals surface area contributed by atoms with Crippen molar-refractivity contribution in [2.45, 2.75) is 0 Å². The molecule has 0 saturated heterocycles. The predicted molar refractivity (Wildman–Crippen MR) is 39.7 cm³/mol. The number of aromatic amines is 1. The normalized spacial score (nSPS) is 9.83. The molecule has 0 saturated carbocycles. The highest BCUT2D eigenvalue weighted by Crippen LogP contribution is 1.65. The molecule has 1 aromatic rings. The SMILES string of the molecule is C=C[n+]1cc[nH]c1.O=S(=O)([O-])O. The van der Waals surface area contributed by atoms with Crippen LogP contribution in [0.15, 0.2) is 25.3 Å². The standard InChI is InChI=1S/C5H6N2.H2O4S/c1-2-7-4-3-6-5-7;1-5(2,3)4/h2-5H,1H2;(H2,1,2,3,4). The van der Waals surface area contributed by atoms with Crippen molar-refractivity contribution in [3.05, 3.63) is 25.3 Å². The first-order valence-corrected chi connectivity index (χ1v) is 4.14. The summed E-state index contributed by atoms with van der Waals surface area (Å²) in [7, 11) is -4.92. The van der Waals surface area contributed by atoms with E-state index in [9.17, 15) is 0 Å². The quantitative estimate of drug-likeness (QED) is 0.353. The molecule has 1 aromatic heterocycles. The maximum absolute atomic E-state index is 8.63. The van der Waals surface area contributed by atoms with Crippen molar-refractivity contribution in [2.75, 3.05) is 0 Å². The molecule has 0 aromatic carbocycles. The topological polar surface area (TPSA) is 97.1 Å². The molecule has 0 aliphatic rings. The third kappa shape index (κ3) is 8.82. The van der Waals surface area contributed by atoms with Gasteiger partial charge in [0.25, 0.3) is 0 Å². The van der Waals surface area contributed by atoms with Crippen molar-refractivity contribution in [2.24, 2.45) is 0 Å². The summed E-state index contributed by atoms with van der Waals surface area (Å²) in [5.41, 5.74) is 0. The fourth-order valence-electron chi connectivity index (χ4n) is 0.415. The van der Waals surface area contributed by atoms with E-state index in [4.69, 9.17) is 17.5 Å². The first-order chi connectivity index (χ1) is 5.43. The number of imidazole rings is 1. The lowest BCUT2D eigenvalue weighted by Gasteiger charge is -1.88. The highest BCUT2D eigenvalue weighted by Gasteiger charge is 1.82. The summed E-state index contributed by atoms with van der Waals surface area (Å²) >= 11 is 0. The third-order valence-electron chi connectivity index (χ3n) is 0.777. The van der Waals surface area contributed by atoms with Gasteiger partial charge in [0.1, 0.15) is 12.4 Å². The molecule has 2 N–H and O–H groups in total. The van der Waals surface area contributed by atoms with E-state index in [-0.39, 0.29) is 0 Å². The van der Waals surface area contributed by atoms with Gasteiger partial charge in [-0.25, -0.2) is 18.0 Å². The molecule has 0 bridgehead atoms. The van der Waals surface area contributed by atoms with Crippen molar-refractivity contribution in [3.63, 3.8) is 0 Å². The fraction of sp³-hybridized carbons (Fsp3) is 0. The van der Waals surface area contributed by atoms with Crippen LogP contribution < -0.4 is 4.57 Å². The van der Waals surface area contributed by atoms with Crippen LogP contribution in [0.3, 0.4) is 0 Å². The summed E-state index contributed by atoms with van der Waals surface area (Å²) in [6.45, 7) is 3.55. The summed E-state index contributed by atoms with van der Waals surface area (Å²) in [4.78, 5) is 2.87. The maximum atomic E-state index is 8.63. The van der Waals surface area contributed by atoms with Gasteiger partial charge in [0.2, 0.25) is 16.7 Å². The van der Waals surface area contributed by atoms with E-state index >= 15 is 0 Å². The van der Waals surface area contributed by atoms with Crippen LogP contribution in [-0.4, -0.2) is 22.5 Å². The largest absolute Gasteiger partial charge is 0.726 e. The molecule has 68 valence electrons. The minimum atomic E-state index is -4.92. The molecule has 0 atom stereocenters. The number of H-pyrrole nitrogens is 1. The van der Waals surface area contributed by atoms with Gasteiger partial charge in [0.05, 0.1) is 6.20 Å². The van der Waals surface area contributed by atoms with E-state index in [1.807, 2.05) is 23.3 Å². The first kappa shape index (κ1) is 10.8. The van der Waals surface area contributed by atoms with Crippen LogP contribution in [0.4, 0.5) is 0 Å². The Hall–Kier alpha value is -1.18. The monoisotopic (exact) mass is 192 g/mol. The third-order valence-corrected chi connectivity index (χ3v) is 0.777. The van der Waals surface area contributed by atoms with Crippen molar-refractivity contribution in [1.29, 1.82) is 0 Å². The zero-order chi connectivity index (χ0) is 9.61. The van der Waals surface area contributed by atoms with Crippen LogP contribution in [0.25, 0.3) is 6.20 Å². The lowest BCUT2D eigenvalue weighted by atomic mass is 10.9. The second-order valence-electron chi connectivity index (χ2n) is 1.67. The van der Waals surface area contributed by atoms with E-state index in [2.05, 4.69) is 11.6 Å². The number of nitrogens with zero attached hydrogens (tertiary/aromatic N) is 1. The Morgan fingerprint density at radius 2 is 2.17 bits per heavy atom. The molecule has 6 nitrogen and oxygen atoms in total. The van der Waals surface area contributed by atoms with Gasteiger partial charge in [-0.2, -0.15) is 0 Å². The molecule has 12 heavy (non-hydrogen) atoms. The Kier molecular flexibility index (Phi) is 4.19. The molecule has 0 unspecified atom stereocenters. The van der Waals surface area contributed by atoms with Crippen LogP contribution in [0, 0.1) is 0 Å². The Morgan fingerprint density at radius 1 is 1.67 bits per heavy atom. The number of nitrogens with one attached hydrogen (secondary N) is 1. The molecular weight excluding hydrogens is 184 g/mol. The van der Waals surface area contributed by atoms with Crippen molar-refractivity contribution in [3.8, 4) is 0 Å². The number of rotatable bonds is 1. The summed E-state index contributed by atoms with van der Waals surface area (Å²) in [6.07, 6.45) is 7.25. The van der Waals surface area contributed by atoms with E-state index in [0.717, 1.165) is 0 Å². The summed E-state index contributed by atoms with van der Waals surface area (Å²) < 4.78 is 34.7. The van der Waals surface area contributed by atoms with Gasteiger partial charge >= 0.3 is 0 Å². The fourth-order valence-corrected chi connectivity index (χ4v) is 0.415. The van der Waals surface area contributed by atoms with Crippen molar-refractivity contribution >= 4 is 16.6 Å². The zero-order valence-corrected chi connectivity index (χ0v) is 6.86. The summed E-state index contributed by atoms with van der Waals surface area (Å²) in [5.74, 6) is 0. The molecule has 1 rings (SSSR count). The maximum Gasteiger partial charge on any atom is 0.246 e. The van der Waals surface area contributed by atoms with Gasteiger partial charge in [0.15, 0.2) is 0 Å². The van der Waals surface area contributed by atoms with Gasteiger partial charge < -0.3 is 4.55 Å². The van der Waals surface area contributed by atoms with E-state index < -0.39 is 10.4 Å². The van der Waals surface area contributed by atoms with Crippen LogP contribution in [0.2, 0.25) is 0 Å². The van der Waals surface area contributed by atoms with Crippen LogP contribution in [0.1, 0.15) is 0 Å². The van der Waals surface area contributed by atoms with Gasteiger partial charge in [-0.15, -0.1) is 0 Å². The Morgan fingerprint density at radius 3 is 2.33 bits per heavy atom. The van der Waals surface area contributed by atoms with Crippen molar-refractivity contribution in [1.82, 2.24) is 4.98 Å². The lowest BCUT2D eigenvalue weighted by Crippen LogP contribution is -2.19. The Balaban J connectivity index is 0.000000217. The van der Waals surface area contributed by atoms with E-state index in [1.165, 1.54) is 0 Å². The minimum absolute atomic E-state index is 1.72. The Bertz CT molecular complexity index is 307. The number of hydrogen-bond acceptors (Lipinski definition) is 3. The second kappa shape index (κ2) is 4.65. The minimum Gasteiger partial charge on any atom is -0.726 e. The van der Waals surface area contributed by atoms with Gasteiger partial charge in [-0.3, -0.25) is 4.55 Å². The summed E-state index contributed by atoms with van der Waals surface area (Å²) in [5, 5.41) is 0. The van der Waals surface area contributed by atoms with Gasteiger partial charge in [0, 0.05) is 0 Å². The average molecular weight is 192 g/mol. The number of hydrogen-bond donors (Lipinski definition) is 2. The molecule has 0 spiro atoms. The predicted octanol–water partition coefficient (Wildman–Crippen LogP) is -0.593. The van der Waals surface area contributed by atoms with Crippen LogP contribution in [0.5, 0.6) is 0 Å². The van der Waals surface area contributed by atoms with Gasteiger partial charge in [-0.05, 0) is 0 Å². The smallest absolute Gasteiger partial charge is 0.246 e. The molecule has 0 aliphatic heterocycles. The van der Waals surface area contributed by atoms with Crippen molar-refractivity contribution < 1.29 is 22.1 Å². The second-order valence-corrected chi connectivity index (χ2v) is 2.52. The molecule has 0 amide bonds. The van der Waals surface area contributed by atoms with E-state index in [0.29, 0.717) is 0 Å².